The third-order valence-electron chi connectivity index (χ3n) is 1.79. The molecule has 0 atom stereocenters. The Morgan fingerprint density at radius 1 is 1.25 bits per heavy atom. The molecular weight excluding hydrogens is 148 g/mol. The van der Waals surface area contributed by atoms with E-state index in [-0.39, 0.29) is 0 Å². The van der Waals surface area contributed by atoms with E-state index < -0.39 is 0 Å². The molecule has 1 heteroatoms. The van der Waals surface area contributed by atoms with Crippen molar-refractivity contribution in [2.24, 2.45) is 0 Å². The van der Waals surface area contributed by atoms with E-state index >= 15 is 0 Å². The molecule has 0 fully saturated rings. The second kappa shape index (κ2) is 4.15. The minimum Gasteiger partial charge on any atom is -0.487 e. The van der Waals surface area contributed by atoms with E-state index in [1.807, 2.05) is 25.1 Å². The summed E-state index contributed by atoms with van der Waals surface area (Å²) in [6, 6.07) is 8.13. The molecule has 0 aromatic heterocycles. The second-order valence-corrected chi connectivity index (χ2v) is 3.05. The largest absolute Gasteiger partial charge is 0.487 e. The first-order valence-corrected chi connectivity index (χ1v) is 4.29. The highest BCUT2D eigenvalue weighted by atomic mass is 16.5. The van der Waals surface area contributed by atoms with Gasteiger partial charge in [-0.3, -0.25) is 0 Å². The topological polar surface area (TPSA) is 9.23 Å². The predicted molar refractivity (Wildman–Crippen MR) is 51.1 cm³/mol. The van der Waals surface area contributed by atoms with Crippen LogP contribution in [0.4, 0.5) is 0 Å². The molecular formula is C11H15O. The average molecular weight is 163 g/mol. The maximum atomic E-state index is 5.37. The van der Waals surface area contributed by atoms with Crippen molar-refractivity contribution < 1.29 is 4.74 Å². The lowest BCUT2D eigenvalue weighted by atomic mass is 10.0. The molecule has 0 amide bonds. The van der Waals surface area contributed by atoms with Crippen LogP contribution in [0.3, 0.4) is 0 Å². The molecule has 1 nitrogen and oxygen atoms in total. The van der Waals surface area contributed by atoms with E-state index in [9.17, 15) is 0 Å². The Balaban J connectivity index is 2.92. The Hall–Kier alpha value is -0.980. The quantitative estimate of drug-likeness (QED) is 0.663. The third-order valence-corrected chi connectivity index (χ3v) is 1.79. The van der Waals surface area contributed by atoms with Crippen LogP contribution in [-0.4, -0.2) is 0 Å². The van der Waals surface area contributed by atoms with E-state index in [0.717, 1.165) is 5.75 Å². The Morgan fingerprint density at radius 3 is 2.50 bits per heavy atom. The average Bonchev–Trinajstić information content (AvgIpc) is 2.05. The minimum absolute atomic E-state index is 0.515. The van der Waals surface area contributed by atoms with Gasteiger partial charge >= 0.3 is 0 Å². The van der Waals surface area contributed by atoms with Gasteiger partial charge in [0.15, 0.2) is 0 Å². The summed E-state index contributed by atoms with van der Waals surface area (Å²) in [7, 11) is 0. The minimum atomic E-state index is 0.515. The highest BCUT2D eigenvalue weighted by molar-refractivity contribution is 5.35. The molecule has 0 unspecified atom stereocenters. The Morgan fingerprint density at radius 2 is 1.92 bits per heavy atom. The van der Waals surface area contributed by atoms with Gasteiger partial charge < -0.3 is 4.74 Å². The zero-order valence-corrected chi connectivity index (χ0v) is 7.87. The molecule has 65 valence electrons. The van der Waals surface area contributed by atoms with E-state index in [1.165, 1.54) is 5.56 Å². The summed E-state index contributed by atoms with van der Waals surface area (Å²) in [5, 5.41) is 0. The zero-order valence-electron chi connectivity index (χ0n) is 7.87. The van der Waals surface area contributed by atoms with E-state index in [4.69, 9.17) is 4.74 Å². The van der Waals surface area contributed by atoms with Gasteiger partial charge in [0, 0.05) is 0 Å². The van der Waals surface area contributed by atoms with Gasteiger partial charge in [-0.25, -0.2) is 0 Å². The van der Waals surface area contributed by atoms with Crippen molar-refractivity contribution in [2.75, 3.05) is 0 Å². The first-order chi connectivity index (χ1) is 5.75. The van der Waals surface area contributed by atoms with Crippen LogP contribution in [0.25, 0.3) is 0 Å². The van der Waals surface area contributed by atoms with Crippen molar-refractivity contribution in [3.63, 3.8) is 0 Å². The highest BCUT2D eigenvalue weighted by Gasteiger charge is 2.05. The molecule has 12 heavy (non-hydrogen) atoms. The lowest BCUT2D eigenvalue weighted by molar-refractivity contribution is 0.409. The molecule has 0 aliphatic heterocycles. The van der Waals surface area contributed by atoms with Crippen LogP contribution in [0, 0.1) is 6.61 Å². The molecule has 1 aromatic carbocycles. The van der Waals surface area contributed by atoms with Gasteiger partial charge in [0.05, 0.1) is 0 Å². The summed E-state index contributed by atoms with van der Waals surface area (Å²) in [6.07, 6.45) is 0. The summed E-state index contributed by atoms with van der Waals surface area (Å²) in [4.78, 5) is 0. The monoisotopic (exact) mass is 163 g/mol. The van der Waals surface area contributed by atoms with Crippen LogP contribution in [-0.2, 0) is 0 Å². The number of benzene rings is 1. The van der Waals surface area contributed by atoms with Crippen LogP contribution < -0.4 is 4.74 Å². The van der Waals surface area contributed by atoms with Crippen LogP contribution in [0.2, 0.25) is 0 Å². The van der Waals surface area contributed by atoms with Crippen LogP contribution in [0.1, 0.15) is 32.3 Å². The predicted octanol–water partition coefficient (Wildman–Crippen LogP) is 3.37. The molecule has 0 saturated carbocycles. The SMILES string of the molecule is C[CH]Oc1ccccc1C(C)C. The summed E-state index contributed by atoms with van der Waals surface area (Å²) in [6.45, 7) is 7.92. The first-order valence-electron chi connectivity index (χ1n) is 4.29. The van der Waals surface area contributed by atoms with Crippen LogP contribution >= 0.6 is 0 Å². The van der Waals surface area contributed by atoms with Crippen LogP contribution in [0.15, 0.2) is 24.3 Å². The zero-order chi connectivity index (χ0) is 8.97. The Labute approximate surface area is 74.4 Å². The van der Waals surface area contributed by atoms with E-state index in [2.05, 4.69) is 19.9 Å². The van der Waals surface area contributed by atoms with Crippen LogP contribution in [0.5, 0.6) is 5.75 Å². The van der Waals surface area contributed by atoms with Gasteiger partial charge in [-0.1, -0.05) is 32.0 Å². The van der Waals surface area contributed by atoms with Gasteiger partial charge in [-0.05, 0) is 24.5 Å². The third kappa shape index (κ3) is 2.00. The van der Waals surface area contributed by atoms with Gasteiger partial charge in [-0.2, -0.15) is 0 Å². The normalized spacial score (nSPS) is 10.3. The maximum absolute atomic E-state index is 5.37. The summed E-state index contributed by atoms with van der Waals surface area (Å²) in [5.41, 5.74) is 1.26. The molecule has 0 spiro atoms. The van der Waals surface area contributed by atoms with Crippen molar-refractivity contribution in [1.29, 1.82) is 0 Å². The van der Waals surface area contributed by atoms with Crippen molar-refractivity contribution in [2.45, 2.75) is 26.7 Å². The van der Waals surface area contributed by atoms with E-state index in [0.29, 0.717) is 5.92 Å². The Kier molecular flexibility index (Phi) is 3.15. The lowest BCUT2D eigenvalue weighted by Gasteiger charge is -2.11. The van der Waals surface area contributed by atoms with Crippen molar-refractivity contribution in [3.05, 3.63) is 36.4 Å². The number of rotatable bonds is 3. The van der Waals surface area contributed by atoms with Crippen molar-refractivity contribution in [3.8, 4) is 5.75 Å². The smallest absolute Gasteiger partial charge is 0.132 e. The fraction of sp³-hybridized carbons (Fsp3) is 0.364. The molecule has 1 aromatic rings. The summed E-state index contributed by atoms with van der Waals surface area (Å²) in [5.74, 6) is 1.48. The lowest BCUT2D eigenvalue weighted by Crippen LogP contribution is -1.94. The molecule has 0 bridgehead atoms. The number of hydrogen-bond acceptors (Lipinski definition) is 1. The molecule has 0 N–H and O–H groups in total. The number of ether oxygens (including phenoxy) is 1. The summed E-state index contributed by atoms with van der Waals surface area (Å²) >= 11 is 0. The van der Waals surface area contributed by atoms with Gasteiger partial charge in [0.2, 0.25) is 0 Å². The fourth-order valence-corrected chi connectivity index (χ4v) is 1.19. The summed E-state index contributed by atoms with van der Waals surface area (Å²) < 4.78 is 5.37. The second-order valence-electron chi connectivity index (χ2n) is 3.05. The maximum Gasteiger partial charge on any atom is 0.132 e. The Bertz CT molecular complexity index is 241. The van der Waals surface area contributed by atoms with E-state index in [1.54, 1.807) is 6.61 Å². The molecule has 0 saturated heterocycles. The first kappa shape index (κ1) is 9.11. The highest BCUT2D eigenvalue weighted by Crippen LogP contribution is 2.25. The molecule has 0 aliphatic rings. The molecule has 0 aliphatic carbocycles. The fourth-order valence-electron chi connectivity index (χ4n) is 1.19. The number of para-hydroxylation sites is 1. The van der Waals surface area contributed by atoms with Crippen molar-refractivity contribution >= 4 is 0 Å². The van der Waals surface area contributed by atoms with Gasteiger partial charge in [-0.15, -0.1) is 0 Å². The standard InChI is InChI=1S/C11H15O/c1-4-12-11-8-6-5-7-10(11)9(2)3/h4-9H,1-3H3. The van der Waals surface area contributed by atoms with Crippen molar-refractivity contribution in [1.82, 2.24) is 0 Å². The molecule has 0 heterocycles. The molecule has 1 rings (SSSR count). The molecule has 1 radical (unpaired) electrons. The number of hydrogen-bond donors (Lipinski definition) is 0. The van der Waals surface area contributed by atoms with Gasteiger partial charge in [0.1, 0.15) is 12.4 Å². The van der Waals surface area contributed by atoms with Gasteiger partial charge in [0.25, 0.3) is 0 Å².